The van der Waals surface area contributed by atoms with Crippen molar-refractivity contribution >= 4 is 29.7 Å². The Labute approximate surface area is 143 Å². The lowest BCUT2D eigenvalue weighted by Crippen LogP contribution is -2.46. The third kappa shape index (κ3) is 4.44. The minimum atomic E-state index is 0. The molecule has 124 valence electrons. The van der Waals surface area contributed by atoms with Crippen molar-refractivity contribution in [2.75, 3.05) is 39.3 Å². The Bertz CT molecular complexity index is 500. The molecule has 3 rings (SSSR count). The number of rotatable bonds is 4. The first kappa shape index (κ1) is 17.7. The van der Waals surface area contributed by atoms with Gasteiger partial charge in [0.05, 0.1) is 4.88 Å². The molecule has 1 fully saturated rings. The molecule has 2 N–H and O–H groups in total. The second-order valence-electron chi connectivity index (χ2n) is 6.25. The van der Waals surface area contributed by atoms with Crippen LogP contribution in [0.1, 0.15) is 33.5 Å². The van der Waals surface area contributed by atoms with Gasteiger partial charge in [0.15, 0.2) is 0 Å². The molecule has 0 saturated carbocycles. The fraction of sp³-hybridized carbons (Fsp3) is 0.688. The molecule has 1 amide bonds. The van der Waals surface area contributed by atoms with E-state index in [1.807, 2.05) is 0 Å². The molecule has 1 unspecified atom stereocenters. The van der Waals surface area contributed by atoms with Crippen LogP contribution >= 0.6 is 23.7 Å². The zero-order chi connectivity index (χ0) is 14.7. The molecule has 1 atom stereocenters. The van der Waals surface area contributed by atoms with Crippen LogP contribution in [-0.4, -0.2) is 50.1 Å². The van der Waals surface area contributed by atoms with Gasteiger partial charge >= 0.3 is 0 Å². The summed E-state index contributed by atoms with van der Waals surface area (Å²) >= 11 is 1.70. The average molecular weight is 344 g/mol. The summed E-state index contributed by atoms with van der Waals surface area (Å²) in [7, 11) is 0. The largest absolute Gasteiger partial charge is 0.350 e. The summed E-state index contributed by atoms with van der Waals surface area (Å²) in [4.78, 5) is 17.0. The van der Waals surface area contributed by atoms with Crippen LogP contribution in [-0.2, 0) is 12.8 Å². The van der Waals surface area contributed by atoms with Gasteiger partial charge in [-0.2, -0.15) is 0 Å². The number of carbonyl (C=O) groups excluding carboxylic acids is 1. The summed E-state index contributed by atoms with van der Waals surface area (Å²) in [5, 5.41) is 6.42. The van der Waals surface area contributed by atoms with Crippen LogP contribution in [0.3, 0.4) is 0 Å². The number of hydrogen-bond acceptors (Lipinski definition) is 4. The zero-order valence-electron chi connectivity index (χ0n) is 13.2. The van der Waals surface area contributed by atoms with Gasteiger partial charge in [0, 0.05) is 44.1 Å². The van der Waals surface area contributed by atoms with Crippen LogP contribution in [0.5, 0.6) is 0 Å². The zero-order valence-corrected chi connectivity index (χ0v) is 14.8. The predicted molar refractivity (Wildman–Crippen MR) is 94.4 cm³/mol. The van der Waals surface area contributed by atoms with E-state index >= 15 is 0 Å². The number of nitrogens with zero attached hydrogens (tertiary/aromatic N) is 1. The molecule has 1 aliphatic heterocycles. The molecule has 4 nitrogen and oxygen atoms in total. The Hall–Kier alpha value is -0.620. The van der Waals surface area contributed by atoms with Crippen LogP contribution in [0.2, 0.25) is 0 Å². The molecule has 1 aliphatic carbocycles. The smallest absolute Gasteiger partial charge is 0.261 e. The highest BCUT2D eigenvalue weighted by Crippen LogP contribution is 2.32. The fourth-order valence-electron chi connectivity index (χ4n) is 3.17. The lowest BCUT2D eigenvalue weighted by Gasteiger charge is -2.26. The quantitative estimate of drug-likeness (QED) is 0.878. The van der Waals surface area contributed by atoms with Gasteiger partial charge in [-0.25, -0.2) is 0 Å². The second-order valence-corrected chi connectivity index (χ2v) is 7.39. The predicted octanol–water partition coefficient (Wildman–Crippen LogP) is 1.93. The SMILES string of the molecule is CC1CCc2sc(C(=O)NCCN3CCNCC3)cc2C1.Cl. The standard InChI is InChI=1S/C16H25N3OS.ClH/c1-12-2-3-14-13(10-12)11-15(21-14)16(20)18-6-9-19-7-4-17-5-8-19;/h11-12,17H,2-10H2,1H3,(H,18,20);1H. The number of nitrogens with one attached hydrogen (secondary N) is 2. The summed E-state index contributed by atoms with van der Waals surface area (Å²) in [5.41, 5.74) is 1.41. The van der Waals surface area contributed by atoms with Crippen LogP contribution in [0, 0.1) is 5.92 Å². The first-order chi connectivity index (χ1) is 10.2. The fourth-order valence-corrected chi connectivity index (χ4v) is 4.29. The molecular formula is C16H26ClN3OS. The average Bonchev–Trinajstić information content (AvgIpc) is 2.91. The molecule has 1 saturated heterocycles. The van der Waals surface area contributed by atoms with E-state index in [1.54, 1.807) is 11.3 Å². The summed E-state index contributed by atoms with van der Waals surface area (Å²) in [5.74, 6) is 0.868. The Kier molecular flexibility index (Phi) is 6.68. The first-order valence-corrected chi connectivity index (χ1v) is 8.87. The lowest BCUT2D eigenvalue weighted by atomic mass is 9.90. The number of fused-ring (bicyclic) bond motifs is 1. The van der Waals surface area contributed by atoms with Crippen molar-refractivity contribution in [3.05, 3.63) is 21.4 Å². The van der Waals surface area contributed by atoms with Crippen LogP contribution < -0.4 is 10.6 Å². The van der Waals surface area contributed by atoms with Crippen molar-refractivity contribution in [1.82, 2.24) is 15.5 Å². The Morgan fingerprint density at radius 3 is 3.00 bits per heavy atom. The highest BCUT2D eigenvalue weighted by atomic mass is 35.5. The van der Waals surface area contributed by atoms with Crippen LogP contribution in [0.25, 0.3) is 0 Å². The summed E-state index contributed by atoms with van der Waals surface area (Å²) in [6, 6.07) is 2.12. The third-order valence-corrected chi connectivity index (χ3v) is 5.71. The van der Waals surface area contributed by atoms with E-state index in [4.69, 9.17) is 0 Å². The minimum Gasteiger partial charge on any atom is -0.350 e. The molecule has 1 aromatic rings. The molecule has 0 spiro atoms. The molecule has 2 heterocycles. The molecule has 22 heavy (non-hydrogen) atoms. The van der Waals surface area contributed by atoms with Gasteiger partial charge in [-0.15, -0.1) is 23.7 Å². The summed E-state index contributed by atoms with van der Waals surface area (Å²) in [6.45, 7) is 8.29. The highest BCUT2D eigenvalue weighted by Gasteiger charge is 2.20. The van der Waals surface area contributed by atoms with Crippen LogP contribution in [0.4, 0.5) is 0 Å². The van der Waals surface area contributed by atoms with E-state index in [2.05, 4.69) is 28.5 Å². The molecule has 0 aromatic carbocycles. The maximum absolute atomic E-state index is 12.3. The molecule has 6 heteroatoms. The minimum absolute atomic E-state index is 0. The van der Waals surface area contributed by atoms with Gasteiger partial charge < -0.3 is 10.6 Å². The van der Waals surface area contributed by atoms with Crippen molar-refractivity contribution in [3.63, 3.8) is 0 Å². The number of piperazine rings is 1. The number of carbonyl (C=O) groups is 1. The van der Waals surface area contributed by atoms with Crippen molar-refractivity contribution in [2.24, 2.45) is 5.92 Å². The van der Waals surface area contributed by atoms with Crippen molar-refractivity contribution in [1.29, 1.82) is 0 Å². The first-order valence-electron chi connectivity index (χ1n) is 8.05. The number of amides is 1. The van der Waals surface area contributed by atoms with Gasteiger partial charge in [0.25, 0.3) is 5.91 Å². The van der Waals surface area contributed by atoms with Gasteiger partial charge in [-0.05, 0) is 36.8 Å². The maximum Gasteiger partial charge on any atom is 0.261 e. The van der Waals surface area contributed by atoms with E-state index in [-0.39, 0.29) is 18.3 Å². The molecule has 2 aliphatic rings. The maximum atomic E-state index is 12.3. The van der Waals surface area contributed by atoms with E-state index in [0.29, 0.717) is 0 Å². The molecule has 0 radical (unpaired) electrons. The Morgan fingerprint density at radius 1 is 1.45 bits per heavy atom. The van der Waals surface area contributed by atoms with E-state index < -0.39 is 0 Å². The lowest BCUT2D eigenvalue weighted by molar-refractivity contribution is 0.0951. The van der Waals surface area contributed by atoms with E-state index in [1.165, 1.54) is 16.9 Å². The normalized spacial score (nSPS) is 21.8. The molecule has 0 bridgehead atoms. The van der Waals surface area contributed by atoms with E-state index in [0.717, 1.165) is 62.9 Å². The Balaban J connectivity index is 0.00000176. The topological polar surface area (TPSA) is 44.4 Å². The number of halogens is 1. The van der Waals surface area contributed by atoms with Gasteiger partial charge in [0.2, 0.25) is 0 Å². The summed E-state index contributed by atoms with van der Waals surface area (Å²) < 4.78 is 0. The van der Waals surface area contributed by atoms with Gasteiger partial charge in [-0.3, -0.25) is 9.69 Å². The van der Waals surface area contributed by atoms with Gasteiger partial charge in [-0.1, -0.05) is 6.92 Å². The highest BCUT2D eigenvalue weighted by molar-refractivity contribution is 7.14. The van der Waals surface area contributed by atoms with Crippen LogP contribution in [0.15, 0.2) is 6.07 Å². The monoisotopic (exact) mass is 343 g/mol. The molecular weight excluding hydrogens is 318 g/mol. The second kappa shape index (κ2) is 8.29. The molecule has 1 aromatic heterocycles. The Morgan fingerprint density at radius 2 is 2.23 bits per heavy atom. The number of thiophene rings is 1. The van der Waals surface area contributed by atoms with Crippen molar-refractivity contribution < 1.29 is 4.79 Å². The summed E-state index contributed by atoms with van der Waals surface area (Å²) in [6.07, 6.45) is 3.55. The van der Waals surface area contributed by atoms with E-state index in [9.17, 15) is 4.79 Å². The number of hydrogen-bond donors (Lipinski definition) is 2. The number of aryl methyl sites for hydroxylation is 1. The third-order valence-electron chi connectivity index (χ3n) is 4.48. The van der Waals surface area contributed by atoms with Gasteiger partial charge in [0.1, 0.15) is 0 Å². The van der Waals surface area contributed by atoms with Crippen molar-refractivity contribution in [2.45, 2.75) is 26.2 Å². The van der Waals surface area contributed by atoms with Crippen molar-refractivity contribution in [3.8, 4) is 0 Å².